The Morgan fingerprint density at radius 1 is 1.18 bits per heavy atom. The lowest BCUT2D eigenvalue weighted by atomic mass is 10.1. The number of tetrazole rings is 1. The molecule has 8 heteroatoms. The van der Waals surface area contributed by atoms with Crippen LogP contribution in [0.2, 0.25) is 0 Å². The summed E-state index contributed by atoms with van der Waals surface area (Å²) in [4.78, 5) is 26.4. The van der Waals surface area contributed by atoms with Gasteiger partial charge in [-0.25, -0.2) is 4.68 Å². The van der Waals surface area contributed by atoms with Crippen molar-refractivity contribution in [2.24, 2.45) is 0 Å². The fourth-order valence-electron chi connectivity index (χ4n) is 3.49. The molecule has 1 aliphatic rings. The number of hydrogen-bond acceptors (Lipinski definition) is 5. The molecular formula is C20H20N6O2. The lowest BCUT2D eigenvalue weighted by Crippen LogP contribution is -2.28. The normalized spacial score (nSPS) is 13.8. The molecule has 1 N–H and O–H groups in total. The van der Waals surface area contributed by atoms with Gasteiger partial charge in [0, 0.05) is 31.3 Å². The average Bonchev–Trinajstić information content (AvgIpc) is 3.36. The lowest BCUT2D eigenvalue weighted by Gasteiger charge is -2.18. The van der Waals surface area contributed by atoms with Gasteiger partial charge < -0.3 is 10.2 Å². The van der Waals surface area contributed by atoms with E-state index in [1.807, 2.05) is 48.5 Å². The second-order valence-corrected chi connectivity index (χ2v) is 6.75. The molecule has 2 heterocycles. The van der Waals surface area contributed by atoms with Crippen LogP contribution in [-0.4, -0.2) is 38.6 Å². The second kappa shape index (κ2) is 7.59. The number of amides is 2. The number of nitrogens with one attached hydrogen (secondary N) is 1. The first-order valence-electron chi connectivity index (χ1n) is 9.10. The molecule has 0 saturated heterocycles. The molecule has 3 aromatic rings. The van der Waals surface area contributed by atoms with E-state index in [0.29, 0.717) is 18.7 Å². The van der Waals surface area contributed by atoms with E-state index >= 15 is 0 Å². The number of fused-ring (bicyclic) bond motifs is 1. The lowest BCUT2D eigenvalue weighted by molar-refractivity contribution is -0.119. The minimum atomic E-state index is -0.570. The molecule has 1 aromatic heterocycles. The highest BCUT2D eigenvalue weighted by atomic mass is 16.2. The van der Waals surface area contributed by atoms with Crippen molar-refractivity contribution in [1.29, 1.82) is 0 Å². The van der Waals surface area contributed by atoms with Crippen LogP contribution in [0.15, 0.2) is 54.9 Å². The summed E-state index contributed by atoms with van der Waals surface area (Å²) in [5.41, 5.74) is 3.67. The van der Waals surface area contributed by atoms with Gasteiger partial charge in [0.05, 0.1) is 0 Å². The van der Waals surface area contributed by atoms with Gasteiger partial charge in [0.25, 0.3) is 0 Å². The number of rotatable bonds is 5. The SMILES string of the molecule is CC(=O)N1CCc2cc(NC(=O)C(Cc3ccccc3)n3cnnn3)ccc21. The largest absolute Gasteiger partial charge is 0.324 e. The number of hydrogen-bond donors (Lipinski definition) is 1. The van der Waals surface area contributed by atoms with E-state index < -0.39 is 6.04 Å². The standard InChI is InChI=1S/C20H20N6O2/c1-14(27)25-10-9-16-12-17(7-8-18(16)25)22-20(28)19(26-13-21-23-24-26)11-15-5-3-2-4-6-15/h2-8,12-13,19H,9-11H2,1H3,(H,22,28). The summed E-state index contributed by atoms with van der Waals surface area (Å²) in [6, 6.07) is 14.8. The Bertz CT molecular complexity index is 987. The molecule has 0 spiro atoms. The van der Waals surface area contributed by atoms with Crippen molar-refractivity contribution < 1.29 is 9.59 Å². The van der Waals surface area contributed by atoms with Gasteiger partial charge >= 0.3 is 0 Å². The van der Waals surface area contributed by atoms with E-state index in [9.17, 15) is 9.59 Å². The zero-order valence-electron chi connectivity index (χ0n) is 15.4. The topological polar surface area (TPSA) is 93.0 Å². The van der Waals surface area contributed by atoms with Crippen molar-refractivity contribution in [3.8, 4) is 0 Å². The summed E-state index contributed by atoms with van der Waals surface area (Å²) in [7, 11) is 0. The third-order valence-corrected chi connectivity index (χ3v) is 4.88. The van der Waals surface area contributed by atoms with E-state index in [4.69, 9.17) is 0 Å². The Hall–Kier alpha value is -3.55. The van der Waals surface area contributed by atoms with Gasteiger partial charge in [0.2, 0.25) is 11.8 Å². The molecule has 0 radical (unpaired) electrons. The van der Waals surface area contributed by atoms with Gasteiger partial charge in [-0.2, -0.15) is 0 Å². The van der Waals surface area contributed by atoms with Crippen LogP contribution >= 0.6 is 0 Å². The summed E-state index contributed by atoms with van der Waals surface area (Å²) in [5.74, 6) is -0.172. The maximum absolute atomic E-state index is 13.0. The number of carbonyl (C=O) groups excluding carboxylic acids is 2. The number of carbonyl (C=O) groups is 2. The molecule has 28 heavy (non-hydrogen) atoms. The minimum absolute atomic E-state index is 0.0251. The highest BCUT2D eigenvalue weighted by Gasteiger charge is 2.25. The molecule has 2 aromatic carbocycles. The highest BCUT2D eigenvalue weighted by molar-refractivity contribution is 5.96. The van der Waals surface area contributed by atoms with E-state index in [-0.39, 0.29) is 11.8 Å². The molecule has 1 atom stereocenters. The molecule has 0 saturated carbocycles. The zero-order chi connectivity index (χ0) is 19.5. The second-order valence-electron chi connectivity index (χ2n) is 6.75. The van der Waals surface area contributed by atoms with E-state index in [1.54, 1.807) is 11.8 Å². The number of aromatic nitrogens is 4. The number of benzene rings is 2. The average molecular weight is 376 g/mol. The van der Waals surface area contributed by atoms with Crippen molar-refractivity contribution in [3.63, 3.8) is 0 Å². The van der Waals surface area contributed by atoms with Crippen LogP contribution in [-0.2, 0) is 22.4 Å². The summed E-state index contributed by atoms with van der Waals surface area (Å²) in [6.45, 7) is 2.23. The van der Waals surface area contributed by atoms with Crippen molar-refractivity contribution in [1.82, 2.24) is 20.2 Å². The summed E-state index contributed by atoms with van der Waals surface area (Å²) < 4.78 is 1.47. The summed E-state index contributed by atoms with van der Waals surface area (Å²) in [6.07, 6.45) is 2.69. The van der Waals surface area contributed by atoms with Gasteiger partial charge in [-0.1, -0.05) is 30.3 Å². The molecule has 8 nitrogen and oxygen atoms in total. The van der Waals surface area contributed by atoms with Crippen LogP contribution in [0.3, 0.4) is 0 Å². The molecule has 142 valence electrons. The van der Waals surface area contributed by atoms with Crippen molar-refractivity contribution in [2.75, 3.05) is 16.8 Å². The van der Waals surface area contributed by atoms with Crippen LogP contribution in [0.4, 0.5) is 11.4 Å². The highest BCUT2D eigenvalue weighted by Crippen LogP contribution is 2.30. The molecule has 0 fully saturated rings. The first kappa shape index (κ1) is 17.8. The Balaban J connectivity index is 1.54. The fraction of sp³-hybridized carbons (Fsp3) is 0.250. The zero-order valence-corrected chi connectivity index (χ0v) is 15.4. The molecule has 4 rings (SSSR count). The van der Waals surface area contributed by atoms with Crippen molar-refractivity contribution in [2.45, 2.75) is 25.8 Å². The molecule has 2 amide bonds. The third-order valence-electron chi connectivity index (χ3n) is 4.88. The van der Waals surface area contributed by atoms with Crippen molar-refractivity contribution >= 4 is 23.2 Å². The van der Waals surface area contributed by atoms with Crippen LogP contribution < -0.4 is 10.2 Å². The van der Waals surface area contributed by atoms with Gasteiger partial charge in [0.1, 0.15) is 12.4 Å². The van der Waals surface area contributed by atoms with Crippen LogP contribution in [0.25, 0.3) is 0 Å². The fourth-order valence-corrected chi connectivity index (χ4v) is 3.49. The molecular weight excluding hydrogens is 356 g/mol. The van der Waals surface area contributed by atoms with Crippen molar-refractivity contribution in [3.05, 3.63) is 66.0 Å². The van der Waals surface area contributed by atoms with Gasteiger partial charge in [0.15, 0.2) is 0 Å². The van der Waals surface area contributed by atoms with E-state index in [0.717, 1.165) is 23.2 Å². The first-order valence-corrected chi connectivity index (χ1v) is 9.10. The number of nitrogens with zero attached hydrogens (tertiary/aromatic N) is 5. The molecule has 0 aliphatic carbocycles. The quantitative estimate of drug-likeness (QED) is 0.735. The third kappa shape index (κ3) is 3.62. The number of anilines is 2. The van der Waals surface area contributed by atoms with Crippen LogP contribution in [0.1, 0.15) is 24.1 Å². The van der Waals surface area contributed by atoms with Gasteiger partial charge in [-0.05, 0) is 46.2 Å². The van der Waals surface area contributed by atoms with E-state index in [2.05, 4.69) is 20.8 Å². The first-order chi connectivity index (χ1) is 13.6. The predicted octanol–water partition coefficient (Wildman–Crippen LogP) is 2.00. The maximum atomic E-state index is 13.0. The Labute approximate surface area is 162 Å². The monoisotopic (exact) mass is 376 g/mol. The smallest absolute Gasteiger partial charge is 0.249 e. The Kier molecular flexibility index (Phi) is 4.84. The van der Waals surface area contributed by atoms with Gasteiger partial charge in [-0.3, -0.25) is 9.59 Å². The molecule has 0 bridgehead atoms. The minimum Gasteiger partial charge on any atom is -0.324 e. The molecule has 1 aliphatic heterocycles. The van der Waals surface area contributed by atoms with Crippen LogP contribution in [0, 0.1) is 0 Å². The predicted molar refractivity (Wildman–Crippen MR) is 104 cm³/mol. The van der Waals surface area contributed by atoms with E-state index in [1.165, 1.54) is 11.0 Å². The Morgan fingerprint density at radius 2 is 2.00 bits per heavy atom. The molecule has 1 unspecified atom stereocenters. The van der Waals surface area contributed by atoms with Gasteiger partial charge in [-0.15, -0.1) is 5.10 Å². The summed E-state index contributed by atoms with van der Waals surface area (Å²) >= 11 is 0. The Morgan fingerprint density at radius 3 is 2.71 bits per heavy atom. The summed E-state index contributed by atoms with van der Waals surface area (Å²) in [5, 5.41) is 14.2. The van der Waals surface area contributed by atoms with Crippen LogP contribution in [0.5, 0.6) is 0 Å². The maximum Gasteiger partial charge on any atom is 0.249 e.